The molecule has 0 amide bonds. The maximum atomic E-state index is 11.8. The number of carbonyl (C=O) groups excluding carboxylic acids is 1. The van der Waals surface area contributed by atoms with E-state index in [9.17, 15) is 25.2 Å². The van der Waals surface area contributed by atoms with Crippen molar-refractivity contribution in [3.05, 3.63) is 29.8 Å². The lowest BCUT2D eigenvalue weighted by atomic mass is 9.99. The fourth-order valence-electron chi connectivity index (χ4n) is 2.28. The highest BCUT2D eigenvalue weighted by atomic mass is 16.7. The molecule has 1 fully saturated rings. The quantitative estimate of drug-likeness (QED) is 0.323. The standard InChI is InChI=1S/C16H20O9/c1-23-10-6-8(2-4-9(10)18)3-5-12(19)25-16-15(22)14(21)13(20)11(7-17)24-16/h2-6,11,13-18,20-22H,7H2,1H3. The van der Waals surface area contributed by atoms with Gasteiger partial charge in [-0.05, 0) is 23.8 Å². The number of phenolic OH excluding ortho intramolecular Hbond substituents is 1. The molecule has 25 heavy (non-hydrogen) atoms. The van der Waals surface area contributed by atoms with Crippen molar-refractivity contribution in [1.29, 1.82) is 0 Å². The van der Waals surface area contributed by atoms with Crippen LogP contribution in [-0.4, -0.2) is 75.9 Å². The molecular formula is C16H20O9. The Morgan fingerprint density at radius 3 is 2.60 bits per heavy atom. The average Bonchev–Trinajstić information content (AvgIpc) is 2.61. The number of phenols is 1. The highest BCUT2D eigenvalue weighted by Crippen LogP contribution is 2.27. The van der Waals surface area contributed by atoms with Gasteiger partial charge < -0.3 is 39.7 Å². The van der Waals surface area contributed by atoms with Crippen LogP contribution in [0.15, 0.2) is 24.3 Å². The van der Waals surface area contributed by atoms with E-state index >= 15 is 0 Å². The molecule has 0 spiro atoms. The van der Waals surface area contributed by atoms with Gasteiger partial charge in [-0.3, -0.25) is 0 Å². The third kappa shape index (κ3) is 4.47. The van der Waals surface area contributed by atoms with E-state index in [0.29, 0.717) is 5.56 Å². The lowest BCUT2D eigenvalue weighted by Gasteiger charge is -2.38. The van der Waals surface area contributed by atoms with Crippen LogP contribution in [-0.2, 0) is 14.3 Å². The summed E-state index contributed by atoms with van der Waals surface area (Å²) in [7, 11) is 1.38. The minimum atomic E-state index is -1.66. The van der Waals surface area contributed by atoms with Gasteiger partial charge in [0.25, 0.3) is 0 Å². The van der Waals surface area contributed by atoms with Gasteiger partial charge in [-0.1, -0.05) is 6.07 Å². The second-order valence-electron chi connectivity index (χ2n) is 5.40. The number of rotatable bonds is 5. The first-order valence-corrected chi connectivity index (χ1v) is 7.43. The summed E-state index contributed by atoms with van der Waals surface area (Å²) >= 11 is 0. The summed E-state index contributed by atoms with van der Waals surface area (Å²) in [5.74, 6) is -0.704. The van der Waals surface area contributed by atoms with Crippen LogP contribution in [0.5, 0.6) is 11.5 Å². The molecule has 1 saturated heterocycles. The van der Waals surface area contributed by atoms with Crippen LogP contribution < -0.4 is 4.74 Å². The summed E-state index contributed by atoms with van der Waals surface area (Å²) in [5.41, 5.74) is 0.542. The minimum absolute atomic E-state index is 0.0523. The molecule has 0 bridgehead atoms. The molecule has 1 aromatic carbocycles. The zero-order valence-corrected chi connectivity index (χ0v) is 13.3. The number of carbonyl (C=O) groups is 1. The Kier molecular flexibility index (Phi) is 6.34. The third-order valence-corrected chi connectivity index (χ3v) is 3.70. The Balaban J connectivity index is 2.01. The van der Waals surface area contributed by atoms with E-state index in [2.05, 4.69) is 0 Å². The van der Waals surface area contributed by atoms with Crippen molar-refractivity contribution in [3.63, 3.8) is 0 Å². The predicted molar refractivity (Wildman–Crippen MR) is 83.6 cm³/mol. The van der Waals surface area contributed by atoms with E-state index in [1.165, 1.54) is 31.4 Å². The minimum Gasteiger partial charge on any atom is -0.504 e. The van der Waals surface area contributed by atoms with Gasteiger partial charge in [0.05, 0.1) is 13.7 Å². The molecule has 9 nitrogen and oxygen atoms in total. The van der Waals surface area contributed by atoms with Crippen LogP contribution in [0.3, 0.4) is 0 Å². The fourth-order valence-corrected chi connectivity index (χ4v) is 2.28. The number of ether oxygens (including phenoxy) is 3. The van der Waals surface area contributed by atoms with Gasteiger partial charge in [0.2, 0.25) is 6.29 Å². The van der Waals surface area contributed by atoms with Crippen LogP contribution in [0.2, 0.25) is 0 Å². The van der Waals surface area contributed by atoms with Crippen LogP contribution in [0.1, 0.15) is 5.56 Å². The zero-order chi connectivity index (χ0) is 18.6. The zero-order valence-electron chi connectivity index (χ0n) is 13.3. The normalized spacial score (nSPS) is 29.6. The Morgan fingerprint density at radius 2 is 1.96 bits per heavy atom. The maximum Gasteiger partial charge on any atom is 0.333 e. The molecule has 0 saturated carbocycles. The molecular weight excluding hydrogens is 336 g/mol. The van der Waals surface area contributed by atoms with Gasteiger partial charge in [-0.15, -0.1) is 0 Å². The second kappa shape index (κ2) is 8.28. The maximum absolute atomic E-state index is 11.8. The van der Waals surface area contributed by atoms with Gasteiger partial charge in [0, 0.05) is 6.08 Å². The SMILES string of the molecule is COc1cc(C=CC(=O)OC2OC(CO)C(O)C(O)C2O)ccc1O. The van der Waals surface area contributed by atoms with Crippen LogP contribution in [0, 0.1) is 0 Å². The largest absolute Gasteiger partial charge is 0.504 e. The third-order valence-electron chi connectivity index (χ3n) is 3.70. The Morgan fingerprint density at radius 1 is 1.24 bits per heavy atom. The second-order valence-corrected chi connectivity index (χ2v) is 5.40. The van der Waals surface area contributed by atoms with Gasteiger partial charge in [-0.2, -0.15) is 0 Å². The molecule has 1 aliphatic rings. The monoisotopic (exact) mass is 356 g/mol. The average molecular weight is 356 g/mol. The number of aromatic hydroxyl groups is 1. The lowest BCUT2D eigenvalue weighted by Crippen LogP contribution is -2.59. The summed E-state index contributed by atoms with van der Waals surface area (Å²) < 4.78 is 14.9. The topological polar surface area (TPSA) is 146 Å². The van der Waals surface area contributed by atoms with Crippen LogP contribution >= 0.6 is 0 Å². The lowest BCUT2D eigenvalue weighted by molar-refractivity contribution is -0.291. The smallest absolute Gasteiger partial charge is 0.333 e. The molecule has 138 valence electrons. The number of esters is 1. The number of aliphatic hydroxyl groups is 4. The number of methoxy groups -OCH3 is 1. The fraction of sp³-hybridized carbons (Fsp3) is 0.438. The molecule has 1 aromatic rings. The van der Waals surface area contributed by atoms with E-state index < -0.39 is 43.3 Å². The Labute approximate surface area is 143 Å². The summed E-state index contributed by atoms with van der Waals surface area (Å²) in [6, 6.07) is 4.42. The van der Waals surface area contributed by atoms with Crippen LogP contribution in [0.4, 0.5) is 0 Å². The van der Waals surface area contributed by atoms with Crippen molar-refractivity contribution in [2.24, 2.45) is 0 Å². The molecule has 1 aliphatic heterocycles. The Bertz CT molecular complexity index is 628. The van der Waals surface area contributed by atoms with Crippen molar-refractivity contribution < 1.29 is 44.5 Å². The van der Waals surface area contributed by atoms with E-state index in [0.717, 1.165) is 6.08 Å². The first-order valence-electron chi connectivity index (χ1n) is 7.43. The van der Waals surface area contributed by atoms with Crippen LogP contribution in [0.25, 0.3) is 6.08 Å². The summed E-state index contributed by atoms with van der Waals surface area (Å²) in [6.07, 6.45) is -5.10. The highest BCUT2D eigenvalue weighted by molar-refractivity contribution is 5.87. The van der Waals surface area contributed by atoms with E-state index in [4.69, 9.17) is 19.3 Å². The highest BCUT2D eigenvalue weighted by Gasteiger charge is 2.45. The summed E-state index contributed by atoms with van der Waals surface area (Å²) in [5, 5.41) is 47.7. The Hall–Kier alpha value is -2.17. The van der Waals surface area contributed by atoms with E-state index in [1.807, 2.05) is 0 Å². The van der Waals surface area contributed by atoms with E-state index in [-0.39, 0.29) is 11.5 Å². The first kappa shape index (κ1) is 19.2. The number of benzene rings is 1. The molecule has 1 heterocycles. The molecule has 5 N–H and O–H groups in total. The summed E-state index contributed by atoms with van der Waals surface area (Å²) in [6.45, 7) is -0.623. The molecule has 0 aromatic heterocycles. The van der Waals surface area contributed by atoms with Crippen molar-refractivity contribution in [1.82, 2.24) is 0 Å². The van der Waals surface area contributed by atoms with Crippen molar-refractivity contribution in [3.8, 4) is 11.5 Å². The van der Waals surface area contributed by atoms with Crippen molar-refractivity contribution in [2.75, 3.05) is 13.7 Å². The van der Waals surface area contributed by atoms with Gasteiger partial charge in [-0.25, -0.2) is 4.79 Å². The molecule has 5 atom stereocenters. The van der Waals surface area contributed by atoms with Gasteiger partial charge in [0.1, 0.15) is 24.4 Å². The number of aliphatic hydroxyl groups excluding tert-OH is 4. The molecule has 0 aliphatic carbocycles. The molecule has 2 rings (SSSR count). The summed E-state index contributed by atoms with van der Waals surface area (Å²) in [4.78, 5) is 11.8. The first-order chi connectivity index (χ1) is 11.9. The van der Waals surface area contributed by atoms with Gasteiger partial charge in [0.15, 0.2) is 11.5 Å². The van der Waals surface area contributed by atoms with Gasteiger partial charge >= 0.3 is 5.97 Å². The van der Waals surface area contributed by atoms with E-state index in [1.54, 1.807) is 0 Å². The number of hydrogen-bond donors (Lipinski definition) is 5. The predicted octanol–water partition coefficient (Wildman–Crippen LogP) is -1.24. The molecule has 5 unspecified atom stereocenters. The number of hydrogen-bond acceptors (Lipinski definition) is 9. The van der Waals surface area contributed by atoms with Crippen molar-refractivity contribution in [2.45, 2.75) is 30.7 Å². The molecule has 0 radical (unpaired) electrons. The molecule has 9 heteroatoms. The van der Waals surface area contributed by atoms with Crippen molar-refractivity contribution >= 4 is 12.0 Å².